The van der Waals surface area contributed by atoms with Crippen LogP contribution in [-0.2, 0) is 13.5 Å². The molecular formula is C13H26N4. The Morgan fingerprint density at radius 3 is 2.71 bits per heavy atom. The van der Waals surface area contributed by atoms with E-state index >= 15 is 0 Å². The molecule has 4 heteroatoms. The molecule has 1 aromatic heterocycles. The first-order valence-corrected chi connectivity index (χ1v) is 6.60. The average Bonchev–Trinajstić information content (AvgIpc) is 2.67. The minimum Gasteiger partial charge on any atom is -0.275 e. The van der Waals surface area contributed by atoms with Gasteiger partial charge in [-0.1, -0.05) is 33.6 Å². The van der Waals surface area contributed by atoms with Crippen molar-refractivity contribution in [2.75, 3.05) is 0 Å². The van der Waals surface area contributed by atoms with Crippen LogP contribution in [0.25, 0.3) is 0 Å². The summed E-state index contributed by atoms with van der Waals surface area (Å²) in [6.07, 6.45) is 6.59. The van der Waals surface area contributed by atoms with Crippen LogP contribution in [0, 0.1) is 5.92 Å². The third-order valence-corrected chi connectivity index (χ3v) is 3.27. The van der Waals surface area contributed by atoms with Gasteiger partial charge in [-0.2, -0.15) is 5.10 Å². The molecule has 0 aliphatic carbocycles. The highest BCUT2D eigenvalue weighted by Crippen LogP contribution is 2.25. The molecule has 0 saturated heterocycles. The highest BCUT2D eigenvalue weighted by atomic mass is 15.3. The fourth-order valence-corrected chi connectivity index (χ4v) is 2.42. The van der Waals surface area contributed by atoms with Crippen molar-refractivity contribution in [1.29, 1.82) is 0 Å². The molecule has 1 rings (SSSR count). The van der Waals surface area contributed by atoms with E-state index in [9.17, 15) is 0 Å². The van der Waals surface area contributed by atoms with Gasteiger partial charge in [0, 0.05) is 24.8 Å². The van der Waals surface area contributed by atoms with Gasteiger partial charge in [-0.25, -0.2) is 0 Å². The zero-order valence-electron chi connectivity index (χ0n) is 11.5. The number of nitrogens with zero attached hydrogens (tertiary/aromatic N) is 2. The Kier molecular flexibility index (Phi) is 5.65. The first-order valence-electron chi connectivity index (χ1n) is 6.60. The summed E-state index contributed by atoms with van der Waals surface area (Å²) in [6.45, 7) is 6.65. The summed E-state index contributed by atoms with van der Waals surface area (Å²) in [7, 11) is 1.96. The molecule has 0 aliphatic rings. The molecular weight excluding hydrogens is 212 g/mol. The Bertz CT molecular complexity index is 332. The van der Waals surface area contributed by atoms with Gasteiger partial charge in [-0.05, 0) is 18.8 Å². The highest BCUT2D eigenvalue weighted by molar-refractivity contribution is 5.21. The van der Waals surface area contributed by atoms with Crippen LogP contribution in [0.1, 0.15) is 57.3 Å². The third-order valence-electron chi connectivity index (χ3n) is 3.27. The maximum atomic E-state index is 5.70. The van der Waals surface area contributed by atoms with Crippen molar-refractivity contribution in [3.8, 4) is 0 Å². The van der Waals surface area contributed by atoms with Gasteiger partial charge in [0.05, 0.1) is 5.69 Å². The monoisotopic (exact) mass is 238 g/mol. The summed E-state index contributed by atoms with van der Waals surface area (Å²) in [5.74, 6) is 6.38. The van der Waals surface area contributed by atoms with Gasteiger partial charge in [0.2, 0.25) is 0 Å². The number of hydrazine groups is 1. The lowest BCUT2D eigenvalue weighted by Gasteiger charge is -2.20. The van der Waals surface area contributed by atoms with E-state index in [1.54, 1.807) is 0 Å². The van der Waals surface area contributed by atoms with E-state index < -0.39 is 0 Å². The molecule has 1 heterocycles. The Hall–Kier alpha value is -0.870. The van der Waals surface area contributed by atoms with Gasteiger partial charge in [0.25, 0.3) is 0 Å². The molecule has 0 aliphatic heterocycles. The summed E-state index contributed by atoms with van der Waals surface area (Å²) < 4.78 is 1.88. The maximum Gasteiger partial charge on any atom is 0.0670 e. The van der Waals surface area contributed by atoms with Crippen molar-refractivity contribution in [3.05, 3.63) is 17.5 Å². The second kappa shape index (κ2) is 6.77. The molecule has 0 saturated carbocycles. The molecule has 0 fully saturated rings. The predicted molar refractivity (Wildman–Crippen MR) is 71.3 cm³/mol. The number of aromatic nitrogens is 2. The Morgan fingerprint density at radius 1 is 1.47 bits per heavy atom. The van der Waals surface area contributed by atoms with Crippen molar-refractivity contribution >= 4 is 0 Å². The number of nitrogens with two attached hydrogens (primary N) is 1. The quantitative estimate of drug-likeness (QED) is 0.566. The summed E-state index contributed by atoms with van der Waals surface area (Å²) in [5, 5.41) is 4.47. The standard InChI is InChI=1S/C13H26N4/c1-5-7-10(3)8-13(15-14)11-9-17(4)16-12(11)6-2/h9-10,13,15H,5-8,14H2,1-4H3. The van der Waals surface area contributed by atoms with Crippen LogP contribution in [0.3, 0.4) is 0 Å². The van der Waals surface area contributed by atoms with Crippen molar-refractivity contribution in [2.45, 2.75) is 52.5 Å². The lowest BCUT2D eigenvalue weighted by atomic mass is 9.93. The fraction of sp³-hybridized carbons (Fsp3) is 0.769. The zero-order valence-corrected chi connectivity index (χ0v) is 11.5. The molecule has 2 atom stereocenters. The summed E-state index contributed by atoms with van der Waals surface area (Å²) in [5.41, 5.74) is 5.34. The molecule has 0 aromatic carbocycles. The van der Waals surface area contributed by atoms with Crippen molar-refractivity contribution in [2.24, 2.45) is 18.8 Å². The van der Waals surface area contributed by atoms with Gasteiger partial charge in [-0.3, -0.25) is 16.0 Å². The summed E-state index contributed by atoms with van der Waals surface area (Å²) >= 11 is 0. The second-order valence-corrected chi connectivity index (χ2v) is 4.91. The molecule has 1 aromatic rings. The SMILES string of the molecule is CCCC(C)CC(NN)c1cn(C)nc1CC. The van der Waals surface area contributed by atoms with Crippen LogP contribution in [0.5, 0.6) is 0 Å². The van der Waals surface area contributed by atoms with Crippen LogP contribution in [-0.4, -0.2) is 9.78 Å². The summed E-state index contributed by atoms with van der Waals surface area (Å²) in [6, 6.07) is 0.222. The van der Waals surface area contributed by atoms with E-state index in [0.29, 0.717) is 5.92 Å². The molecule has 98 valence electrons. The number of hydrogen-bond donors (Lipinski definition) is 2. The van der Waals surface area contributed by atoms with Crippen molar-refractivity contribution in [1.82, 2.24) is 15.2 Å². The van der Waals surface area contributed by atoms with Crippen molar-refractivity contribution in [3.63, 3.8) is 0 Å². The molecule has 4 nitrogen and oxygen atoms in total. The summed E-state index contributed by atoms with van der Waals surface area (Å²) in [4.78, 5) is 0. The van der Waals surface area contributed by atoms with Crippen LogP contribution < -0.4 is 11.3 Å². The number of hydrogen-bond acceptors (Lipinski definition) is 3. The van der Waals surface area contributed by atoms with E-state index in [1.807, 2.05) is 11.7 Å². The molecule has 0 radical (unpaired) electrons. The third kappa shape index (κ3) is 3.82. The van der Waals surface area contributed by atoms with Gasteiger partial charge < -0.3 is 0 Å². The minimum absolute atomic E-state index is 0.222. The normalized spacial score (nSPS) is 14.9. The van der Waals surface area contributed by atoms with Crippen molar-refractivity contribution < 1.29 is 0 Å². The average molecular weight is 238 g/mol. The first kappa shape index (κ1) is 14.2. The molecule has 0 spiro atoms. The maximum absolute atomic E-state index is 5.70. The minimum atomic E-state index is 0.222. The van der Waals surface area contributed by atoms with Gasteiger partial charge in [0.1, 0.15) is 0 Å². The molecule has 0 amide bonds. The molecule has 17 heavy (non-hydrogen) atoms. The van der Waals surface area contributed by atoms with Crippen LogP contribution >= 0.6 is 0 Å². The van der Waals surface area contributed by atoms with E-state index in [-0.39, 0.29) is 6.04 Å². The van der Waals surface area contributed by atoms with Gasteiger partial charge in [0.15, 0.2) is 0 Å². The Labute approximate surface area is 105 Å². The smallest absolute Gasteiger partial charge is 0.0670 e. The van der Waals surface area contributed by atoms with Crippen LogP contribution in [0.2, 0.25) is 0 Å². The largest absolute Gasteiger partial charge is 0.275 e. The molecule has 0 bridgehead atoms. The van der Waals surface area contributed by atoms with Crippen LogP contribution in [0.15, 0.2) is 6.20 Å². The predicted octanol–water partition coefficient (Wildman–Crippen LogP) is 2.31. The van der Waals surface area contributed by atoms with Crippen LogP contribution in [0.4, 0.5) is 0 Å². The topological polar surface area (TPSA) is 55.9 Å². The molecule has 2 unspecified atom stereocenters. The zero-order chi connectivity index (χ0) is 12.8. The van der Waals surface area contributed by atoms with E-state index in [0.717, 1.165) is 18.5 Å². The Morgan fingerprint density at radius 2 is 2.18 bits per heavy atom. The number of rotatable bonds is 7. The number of nitrogens with one attached hydrogen (secondary N) is 1. The lowest BCUT2D eigenvalue weighted by molar-refractivity contribution is 0.393. The highest BCUT2D eigenvalue weighted by Gasteiger charge is 2.18. The molecule has 3 N–H and O–H groups in total. The lowest BCUT2D eigenvalue weighted by Crippen LogP contribution is -2.29. The van der Waals surface area contributed by atoms with E-state index in [4.69, 9.17) is 5.84 Å². The Balaban J connectivity index is 2.78. The second-order valence-electron chi connectivity index (χ2n) is 4.91. The van der Waals surface area contributed by atoms with Gasteiger partial charge >= 0.3 is 0 Å². The first-order chi connectivity index (χ1) is 8.12. The number of aryl methyl sites for hydroxylation is 2. The van der Waals surface area contributed by atoms with Gasteiger partial charge in [-0.15, -0.1) is 0 Å². The van der Waals surface area contributed by atoms with E-state index in [2.05, 4.69) is 37.5 Å². The van der Waals surface area contributed by atoms with E-state index in [1.165, 1.54) is 18.4 Å². The fourth-order valence-electron chi connectivity index (χ4n) is 2.42.